The summed E-state index contributed by atoms with van der Waals surface area (Å²) >= 11 is 0. The number of nitrogens with zero attached hydrogens (tertiary/aromatic N) is 2. The Hall–Kier alpha value is -3.89. The molecule has 11 heteroatoms. The summed E-state index contributed by atoms with van der Waals surface area (Å²) in [6.45, 7) is -0.0808. The van der Waals surface area contributed by atoms with E-state index in [-0.39, 0.29) is 48.0 Å². The largest absolute Gasteiger partial charge is 0.491 e. The van der Waals surface area contributed by atoms with Crippen LogP contribution in [0.25, 0.3) is 11.3 Å². The molecule has 2 saturated carbocycles. The first-order chi connectivity index (χ1) is 19.7. The molecule has 0 aliphatic heterocycles. The SMILES string of the molecule is O=C(CC(COc1ccc(F)cc1)NC(=O)c1cc(-c2ccccc2C(F)(F)F)n(C2CCCC2)n1)NC1CCC1. The van der Waals surface area contributed by atoms with Gasteiger partial charge in [-0.2, -0.15) is 18.3 Å². The number of carbonyl (C=O) groups is 2. The van der Waals surface area contributed by atoms with Crippen molar-refractivity contribution >= 4 is 11.8 Å². The minimum Gasteiger partial charge on any atom is -0.491 e. The van der Waals surface area contributed by atoms with Crippen molar-refractivity contribution in [1.82, 2.24) is 20.4 Å². The second-order valence-corrected chi connectivity index (χ2v) is 10.7. The van der Waals surface area contributed by atoms with E-state index in [0.717, 1.165) is 51.0 Å². The molecule has 0 radical (unpaired) electrons. The van der Waals surface area contributed by atoms with Crippen LogP contribution in [0.3, 0.4) is 0 Å². The van der Waals surface area contributed by atoms with Gasteiger partial charge in [0.05, 0.1) is 29.8 Å². The molecule has 3 aromatic rings. The van der Waals surface area contributed by atoms with Gasteiger partial charge < -0.3 is 15.4 Å². The van der Waals surface area contributed by atoms with E-state index in [9.17, 15) is 27.2 Å². The maximum absolute atomic E-state index is 13.9. The lowest BCUT2D eigenvalue weighted by atomic mass is 9.93. The zero-order chi connectivity index (χ0) is 29.0. The standard InChI is InChI=1S/C30H32F4N4O3/c31-19-12-14-23(15-13-19)41-18-21(16-28(39)35-20-6-5-7-20)36-29(40)26-17-27(38(37-26)22-8-1-2-9-22)24-10-3-4-11-25(24)30(32,33)34/h3-4,10-15,17,20-22H,1-2,5-9,16,18H2,(H,35,39)(H,36,40). The molecule has 0 bridgehead atoms. The second kappa shape index (κ2) is 12.3. The van der Waals surface area contributed by atoms with Gasteiger partial charge in [0.15, 0.2) is 5.69 Å². The molecule has 41 heavy (non-hydrogen) atoms. The summed E-state index contributed by atoms with van der Waals surface area (Å²) < 4.78 is 62.2. The molecule has 1 aromatic heterocycles. The van der Waals surface area contributed by atoms with Gasteiger partial charge in [-0.05, 0) is 68.5 Å². The van der Waals surface area contributed by atoms with Crippen LogP contribution >= 0.6 is 0 Å². The number of rotatable bonds is 10. The predicted octanol–water partition coefficient (Wildman–Crippen LogP) is 6.06. The molecule has 2 aliphatic rings. The van der Waals surface area contributed by atoms with Crippen molar-refractivity contribution in [2.75, 3.05) is 6.61 Å². The number of halogens is 4. The van der Waals surface area contributed by atoms with Gasteiger partial charge in [-0.15, -0.1) is 0 Å². The number of nitrogens with one attached hydrogen (secondary N) is 2. The fourth-order valence-electron chi connectivity index (χ4n) is 5.29. The number of carbonyl (C=O) groups excluding carboxylic acids is 2. The van der Waals surface area contributed by atoms with E-state index in [0.29, 0.717) is 5.75 Å². The van der Waals surface area contributed by atoms with E-state index in [2.05, 4.69) is 15.7 Å². The molecule has 2 aliphatic carbocycles. The average molecular weight is 573 g/mol. The molecule has 2 N–H and O–H groups in total. The summed E-state index contributed by atoms with van der Waals surface area (Å²) in [6.07, 6.45) is 1.53. The van der Waals surface area contributed by atoms with Gasteiger partial charge in [0.25, 0.3) is 5.91 Å². The molecule has 2 fully saturated rings. The lowest BCUT2D eigenvalue weighted by Gasteiger charge is -2.27. The van der Waals surface area contributed by atoms with Crippen LogP contribution in [0.1, 0.15) is 73.5 Å². The van der Waals surface area contributed by atoms with Crippen LogP contribution in [0.4, 0.5) is 17.6 Å². The van der Waals surface area contributed by atoms with Crippen LogP contribution in [-0.4, -0.2) is 40.3 Å². The Morgan fingerprint density at radius 3 is 2.37 bits per heavy atom. The number of aromatic nitrogens is 2. The third-order valence-electron chi connectivity index (χ3n) is 7.65. The van der Waals surface area contributed by atoms with Crippen molar-refractivity contribution in [2.45, 2.75) is 75.7 Å². The minimum atomic E-state index is -4.58. The second-order valence-electron chi connectivity index (χ2n) is 10.7. The van der Waals surface area contributed by atoms with E-state index >= 15 is 0 Å². The number of alkyl halides is 3. The summed E-state index contributed by atoms with van der Waals surface area (Å²) in [4.78, 5) is 26.1. The van der Waals surface area contributed by atoms with Gasteiger partial charge in [0, 0.05) is 11.6 Å². The molecule has 1 heterocycles. The Balaban J connectivity index is 1.39. The van der Waals surface area contributed by atoms with Gasteiger partial charge in [-0.25, -0.2) is 4.39 Å². The molecule has 2 amide bonds. The third-order valence-corrected chi connectivity index (χ3v) is 7.65. The maximum Gasteiger partial charge on any atom is 0.417 e. The predicted molar refractivity (Wildman–Crippen MR) is 144 cm³/mol. The van der Waals surface area contributed by atoms with Crippen molar-refractivity contribution in [3.63, 3.8) is 0 Å². The molecule has 7 nitrogen and oxygen atoms in total. The zero-order valence-corrected chi connectivity index (χ0v) is 22.4. The van der Waals surface area contributed by atoms with E-state index in [1.54, 1.807) is 4.68 Å². The van der Waals surface area contributed by atoms with Crippen LogP contribution in [0.15, 0.2) is 54.6 Å². The zero-order valence-electron chi connectivity index (χ0n) is 22.4. The molecule has 1 unspecified atom stereocenters. The monoisotopic (exact) mass is 572 g/mol. The number of hydrogen-bond donors (Lipinski definition) is 2. The quantitative estimate of drug-likeness (QED) is 0.289. The number of benzene rings is 2. The Morgan fingerprint density at radius 2 is 1.71 bits per heavy atom. The van der Waals surface area contributed by atoms with Gasteiger partial charge in [0.1, 0.15) is 18.2 Å². The topological polar surface area (TPSA) is 85.2 Å². The highest BCUT2D eigenvalue weighted by atomic mass is 19.4. The smallest absolute Gasteiger partial charge is 0.417 e. The van der Waals surface area contributed by atoms with E-state index in [1.807, 2.05) is 0 Å². The third kappa shape index (κ3) is 7.07. The van der Waals surface area contributed by atoms with Crippen molar-refractivity contribution in [3.05, 3.63) is 71.7 Å². The molecule has 5 rings (SSSR count). The summed E-state index contributed by atoms with van der Waals surface area (Å²) in [5.41, 5.74) is -0.675. The Morgan fingerprint density at radius 1 is 1.00 bits per heavy atom. The summed E-state index contributed by atoms with van der Waals surface area (Å²) in [6, 6.07) is 11.2. The summed E-state index contributed by atoms with van der Waals surface area (Å²) in [7, 11) is 0. The van der Waals surface area contributed by atoms with Crippen molar-refractivity contribution in [2.24, 2.45) is 0 Å². The lowest BCUT2D eigenvalue weighted by molar-refractivity contribution is -0.137. The first-order valence-electron chi connectivity index (χ1n) is 13.9. The summed E-state index contributed by atoms with van der Waals surface area (Å²) in [5, 5.41) is 10.2. The highest BCUT2D eigenvalue weighted by Gasteiger charge is 2.35. The Labute approximate surface area is 235 Å². The van der Waals surface area contributed by atoms with Gasteiger partial charge in [-0.1, -0.05) is 31.0 Å². The van der Waals surface area contributed by atoms with Crippen LogP contribution in [0.5, 0.6) is 5.75 Å². The fraction of sp³-hybridized carbons (Fsp3) is 0.433. The fourth-order valence-corrected chi connectivity index (χ4v) is 5.29. The minimum absolute atomic E-state index is 0.0462. The Bertz CT molecular complexity index is 1360. The van der Waals surface area contributed by atoms with E-state index in [4.69, 9.17) is 4.74 Å². The van der Waals surface area contributed by atoms with Crippen LogP contribution in [-0.2, 0) is 11.0 Å². The van der Waals surface area contributed by atoms with E-state index < -0.39 is 29.5 Å². The number of ether oxygens (including phenoxy) is 1. The number of amides is 2. The lowest BCUT2D eigenvalue weighted by Crippen LogP contribution is -2.46. The molecule has 1 atom stereocenters. The molecule has 0 saturated heterocycles. The molecular formula is C30H32F4N4O3. The van der Waals surface area contributed by atoms with E-state index in [1.165, 1.54) is 48.5 Å². The first kappa shape index (κ1) is 28.6. The molecular weight excluding hydrogens is 540 g/mol. The van der Waals surface area contributed by atoms with Gasteiger partial charge in [0.2, 0.25) is 5.91 Å². The maximum atomic E-state index is 13.9. The molecule has 0 spiro atoms. The van der Waals surface area contributed by atoms with Crippen molar-refractivity contribution in [3.8, 4) is 17.0 Å². The molecule has 2 aromatic carbocycles. The first-order valence-corrected chi connectivity index (χ1v) is 13.9. The molecule has 218 valence electrons. The highest BCUT2D eigenvalue weighted by Crippen LogP contribution is 2.40. The number of hydrogen-bond acceptors (Lipinski definition) is 4. The van der Waals surface area contributed by atoms with Crippen LogP contribution in [0, 0.1) is 5.82 Å². The van der Waals surface area contributed by atoms with Crippen LogP contribution in [0.2, 0.25) is 0 Å². The average Bonchev–Trinajstić information content (AvgIpc) is 3.60. The highest BCUT2D eigenvalue weighted by molar-refractivity contribution is 5.94. The van der Waals surface area contributed by atoms with Crippen LogP contribution < -0.4 is 15.4 Å². The Kier molecular flexibility index (Phi) is 8.60. The van der Waals surface area contributed by atoms with Gasteiger partial charge >= 0.3 is 6.18 Å². The van der Waals surface area contributed by atoms with Crippen molar-refractivity contribution in [1.29, 1.82) is 0 Å². The van der Waals surface area contributed by atoms with Crippen molar-refractivity contribution < 1.29 is 31.9 Å². The summed E-state index contributed by atoms with van der Waals surface area (Å²) in [5.74, 6) is -0.944. The van der Waals surface area contributed by atoms with Gasteiger partial charge in [-0.3, -0.25) is 14.3 Å². The normalized spacial score (nSPS) is 16.7.